The average molecular weight is 534 g/mol. The first-order valence-electron chi connectivity index (χ1n) is 11.9. The van der Waals surface area contributed by atoms with Crippen molar-refractivity contribution in [2.24, 2.45) is 5.92 Å². The number of allylic oxidation sites excluding steroid dienone is 1. The van der Waals surface area contributed by atoms with Crippen molar-refractivity contribution in [2.45, 2.75) is 18.6 Å². The molecular weight excluding hydrogens is 506 g/mol. The number of hydrogen-bond donors (Lipinski definition) is 3. The van der Waals surface area contributed by atoms with Crippen molar-refractivity contribution in [3.63, 3.8) is 0 Å². The second-order valence-corrected chi connectivity index (χ2v) is 9.39. The fraction of sp³-hybridized carbons (Fsp3) is 0.250. The quantitative estimate of drug-likeness (QED) is 0.348. The van der Waals surface area contributed by atoms with Crippen molar-refractivity contribution < 1.29 is 28.6 Å². The largest absolute Gasteiger partial charge is 0.497 e. The predicted molar refractivity (Wildman–Crippen MR) is 142 cm³/mol. The molecule has 0 saturated carbocycles. The number of carbonyl (C=O) groups excluding carboxylic acids is 2. The van der Waals surface area contributed by atoms with Crippen LogP contribution < -0.4 is 15.4 Å². The molecule has 196 valence electrons. The lowest BCUT2D eigenvalue weighted by Gasteiger charge is -2.44. The highest BCUT2D eigenvalue weighted by molar-refractivity contribution is 8.03. The van der Waals surface area contributed by atoms with Gasteiger partial charge in [0.2, 0.25) is 5.91 Å². The van der Waals surface area contributed by atoms with Crippen molar-refractivity contribution in [3.8, 4) is 11.8 Å². The Morgan fingerprint density at radius 3 is 2.63 bits per heavy atom. The van der Waals surface area contributed by atoms with E-state index in [1.165, 1.54) is 13.4 Å². The van der Waals surface area contributed by atoms with Gasteiger partial charge in [-0.25, -0.2) is 0 Å². The Morgan fingerprint density at radius 2 is 1.97 bits per heavy atom. The number of nitrogens with zero attached hydrogens (tertiary/aromatic N) is 1. The number of aliphatic hydroxyl groups is 1. The van der Waals surface area contributed by atoms with Gasteiger partial charge in [0.15, 0.2) is 5.72 Å². The van der Waals surface area contributed by atoms with E-state index in [2.05, 4.69) is 16.7 Å². The molecule has 0 fully saturated rings. The molecule has 4 rings (SSSR count). The van der Waals surface area contributed by atoms with Crippen molar-refractivity contribution in [2.75, 3.05) is 24.8 Å². The number of methoxy groups -OCH3 is 1. The summed E-state index contributed by atoms with van der Waals surface area (Å²) in [5.41, 5.74) is -0.863. The van der Waals surface area contributed by atoms with E-state index in [0.29, 0.717) is 22.8 Å². The number of thioether (sulfide) groups is 1. The Balaban J connectivity index is 1.72. The number of rotatable bonds is 9. The van der Waals surface area contributed by atoms with Gasteiger partial charge in [-0.15, -0.1) is 0 Å². The molecule has 10 heteroatoms. The van der Waals surface area contributed by atoms with E-state index in [1.54, 1.807) is 73.7 Å². The smallest absolute Gasteiger partial charge is 0.315 e. The number of carbonyl (C=O) groups is 2. The summed E-state index contributed by atoms with van der Waals surface area (Å²) in [6.45, 7) is 1.75. The first-order chi connectivity index (χ1) is 18.4. The van der Waals surface area contributed by atoms with E-state index in [4.69, 9.17) is 13.9 Å². The molecule has 3 N–H and O–H groups in total. The SMILES string of the molecule is CCOC(=O)[C@H]1[C@@H](c2ccco2)C(C#N)=C(SCC(=O)Nc2cccc(OC)c2)N[C@@]1(O)c1ccccc1. The summed E-state index contributed by atoms with van der Waals surface area (Å²) in [5, 5.41) is 28.3. The lowest BCUT2D eigenvalue weighted by atomic mass is 9.73. The van der Waals surface area contributed by atoms with Crippen LogP contribution >= 0.6 is 11.8 Å². The Morgan fingerprint density at radius 1 is 1.18 bits per heavy atom. The van der Waals surface area contributed by atoms with Gasteiger partial charge in [-0.1, -0.05) is 48.2 Å². The highest BCUT2D eigenvalue weighted by Crippen LogP contribution is 2.49. The minimum Gasteiger partial charge on any atom is -0.497 e. The Bertz CT molecular complexity index is 1350. The number of nitriles is 1. The van der Waals surface area contributed by atoms with E-state index in [0.717, 1.165) is 11.8 Å². The van der Waals surface area contributed by atoms with Crippen molar-refractivity contribution in [1.29, 1.82) is 5.26 Å². The maximum atomic E-state index is 13.3. The van der Waals surface area contributed by atoms with Gasteiger partial charge in [0, 0.05) is 17.3 Å². The summed E-state index contributed by atoms with van der Waals surface area (Å²) in [7, 11) is 1.54. The first-order valence-corrected chi connectivity index (χ1v) is 12.9. The van der Waals surface area contributed by atoms with Crippen molar-refractivity contribution in [3.05, 3.63) is 94.9 Å². The zero-order valence-corrected chi connectivity index (χ0v) is 21.7. The fourth-order valence-corrected chi connectivity index (χ4v) is 5.30. The number of anilines is 1. The van der Waals surface area contributed by atoms with E-state index < -0.39 is 23.5 Å². The van der Waals surface area contributed by atoms with Crippen LogP contribution in [0.3, 0.4) is 0 Å². The zero-order valence-electron chi connectivity index (χ0n) is 20.8. The molecular formula is C28H27N3O6S. The minimum atomic E-state index is -1.96. The number of benzene rings is 2. The second kappa shape index (κ2) is 11.9. The summed E-state index contributed by atoms with van der Waals surface area (Å²) >= 11 is 1.04. The van der Waals surface area contributed by atoms with Gasteiger partial charge < -0.3 is 29.6 Å². The third kappa shape index (κ3) is 5.54. The molecule has 0 aliphatic carbocycles. The molecule has 0 unspecified atom stereocenters. The van der Waals surface area contributed by atoms with Crippen LogP contribution in [-0.2, 0) is 20.1 Å². The van der Waals surface area contributed by atoms with Gasteiger partial charge in [-0.3, -0.25) is 9.59 Å². The Kier molecular flexibility index (Phi) is 8.41. The topological polar surface area (TPSA) is 134 Å². The summed E-state index contributed by atoms with van der Waals surface area (Å²) in [5.74, 6) is -2.41. The third-order valence-electron chi connectivity index (χ3n) is 6.07. The highest BCUT2D eigenvalue weighted by Gasteiger charge is 2.55. The molecule has 2 aromatic carbocycles. The van der Waals surface area contributed by atoms with E-state index >= 15 is 0 Å². The summed E-state index contributed by atoms with van der Waals surface area (Å²) < 4.78 is 16.2. The van der Waals surface area contributed by atoms with Crippen LogP contribution in [0.4, 0.5) is 5.69 Å². The number of furan rings is 1. The number of hydrogen-bond acceptors (Lipinski definition) is 9. The zero-order chi connectivity index (χ0) is 27.1. The number of ether oxygens (including phenoxy) is 2. The molecule has 38 heavy (non-hydrogen) atoms. The lowest BCUT2D eigenvalue weighted by Crippen LogP contribution is -2.56. The molecule has 3 atom stereocenters. The van der Waals surface area contributed by atoms with Gasteiger partial charge in [0.05, 0.1) is 48.3 Å². The molecule has 0 saturated heterocycles. The Labute approximate surface area is 224 Å². The van der Waals surface area contributed by atoms with Gasteiger partial charge in [0.1, 0.15) is 17.4 Å². The monoisotopic (exact) mass is 533 g/mol. The molecule has 9 nitrogen and oxygen atoms in total. The number of esters is 1. The van der Waals surface area contributed by atoms with Gasteiger partial charge >= 0.3 is 5.97 Å². The molecule has 0 spiro atoms. The lowest BCUT2D eigenvalue weighted by molar-refractivity contribution is -0.164. The second-order valence-electron chi connectivity index (χ2n) is 8.40. The molecule has 1 amide bonds. The normalized spacial score (nSPS) is 20.7. The van der Waals surface area contributed by atoms with Crippen LogP contribution in [0.15, 0.2) is 88.0 Å². The molecule has 0 bridgehead atoms. The van der Waals surface area contributed by atoms with Gasteiger partial charge in [-0.05, 0) is 31.2 Å². The molecule has 1 aliphatic rings. The summed E-state index contributed by atoms with van der Waals surface area (Å²) in [6.07, 6.45) is 1.44. The average Bonchev–Trinajstić information content (AvgIpc) is 3.47. The molecule has 2 heterocycles. The number of amides is 1. The van der Waals surface area contributed by atoms with E-state index in [1.807, 2.05) is 0 Å². The summed E-state index contributed by atoms with van der Waals surface area (Å²) in [4.78, 5) is 26.1. The van der Waals surface area contributed by atoms with E-state index in [9.17, 15) is 20.0 Å². The number of nitrogens with one attached hydrogen (secondary N) is 2. The van der Waals surface area contributed by atoms with Crippen molar-refractivity contribution in [1.82, 2.24) is 5.32 Å². The predicted octanol–water partition coefficient (Wildman–Crippen LogP) is 4.11. The maximum absolute atomic E-state index is 13.3. The molecule has 1 aliphatic heterocycles. The van der Waals surface area contributed by atoms with Crippen LogP contribution in [0.5, 0.6) is 5.75 Å². The first kappa shape index (κ1) is 26.9. The summed E-state index contributed by atoms with van der Waals surface area (Å²) in [6, 6.07) is 21.0. The third-order valence-corrected chi connectivity index (χ3v) is 7.09. The van der Waals surface area contributed by atoms with Gasteiger partial charge in [-0.2, -0.15) is 5.26 Å². The minimum absolute atomic E-state index is 0.0788. The van der Waals surface area contributed by atoms with Gasteiger partial charge in [0.25, 0.3) is 0 Å². The van der Waals surface area contributed by atoms with Crippen molar-refractivity contribution >= 4 is 29.3 Å². The molecule has 3 aromatic rings. The maximum Gasteiger partial charge on any atom is 0.315 e. The fourth-order valence-electron chi connectivity index (χ4n) is 4.39. The van der Waals surface area contributed by atoms with E-state index in [-0.39, 0.29) is 28.9 Å². The van der Waals surface area contributed by atoms with Crippen LogP contribution in [0.2, 0.25) is 0 Å². The van der Waals surface area contributed by atoms with Crippen LogP contribution in [0, 0.1) is 17.2 Å². The molecule has 0 radical (unpaired) electrons. The van der Waals surface area contributed by atoms with Crippen LogP contribution in [-0.4, -0.2) is 36.5 Å². The Hall–Kier alpha value is -4.20. The highest BCUT2D eigenvalue weighted by atomic mass is 32.2. The standard InChI is InChI=1S/C28H27N3O6S/c1-3-36-27(33)25-24(22-13-8-14-37-22)21(16-29)26(31-28(25,34)18-9-5-4-6-10-18)38-17-23(32)30-19-11-7-12-20(15-19)35-2/h4-15,24-25,31,34H,3,17H2,1-2H3,(H,30,32)/t24-,25-,28-/m1/s1. The molecule has 1 aromatic heterocycles. The van der Waals surface area contributed by atoms with Crippen LogP contribution in [0.25, 0.3) is 0 Å². The van der Waals surface area contributed by atoms with Crippen LogP contribution in [0.1, 0.15) is 24.2 Å².